The van der Waals surface area contributed by atoms with Crippen LogP contribution in [0, 0.1) is 0 Å². The van der Waals surface area contributed by atoms with Crippen molar-refractivity contribution in [2.24, 2.45) is 0 Å². The predicted molar refractivity (Wildman–Crippen MR) is 89.4 cm³/mol. The SMILES string of the molecule is O=C(Cc1cccs1)N1CCN(c2ccc3c(c2)OCO3)CC1. The Morgan fingerprint density at radius 3 is 2.70 bits per heavy atom. The van der Waals surface area contributed by atoms with Crippen molar-refractivity contribution in [3.8, 4) is 11.5 Å². The van der Waals surface area contributed by atoms with Gasteiger partial charge in [-0.3, -0.25) is 4.79 Å². The molecule has 0 aliphatic carbocycles. The van der Waals surface area contributed by atoms with Crippen LogP contribution < -0.4 is 14.4 Å². The third kappa shape index (κ3) is 2.99. The van der Waals surface area contributed by atoms with Crippen LogP contribution in [0.2, 0.25) is 0 Å². The highest BCUT2D eigenvalue weighted by Gasteiger charge is 2.23. The molecule has 0 bridgehead atoms. The molecule has 5 nitrogen and oxygen atoms in total. The first-order chi connectivity index (χ1) is 11.3. The topological polar surface area (TPSA) is 42.0 Å². The monoisotopic (exact) mass is 330 g/mol. The largest absolute Gasteiger partial charge is 0.454 e. The number of fused-ring (bicyclic) bond motifs is 1. The average molecular weight is 330 g/mol. The molecule has 4 rings (SSSR count). The molecule has 2 aromatic rings. The van der Waals surface area contributed by atoms with E-state index in [-0.39, 0.29) is 5.91 Å². The van der Waals surface area contributed by atoms with E-state index in [1.165, 1.54) is 0 Å². The Hall–Kier alpha value is -2.21. The van der Waals surface area contributed by atoms with Crippen LogP contribution in [-0.4, -0.2) is 43.8 Å². The lowest BCUT2D eigenvalue weighted by molar-refractivity contribution is -0.130. The zero-order valence-corrected chi connectivity index (χ0v) is 13.6. The number of anilines is 1. The third-order valence-electron chi connectivity index (χ3n) is 4.26. The van der Waals surface area contributed by atoms with Gasteiger partial charge in [0.1, 0.15) is 0 Å². The molecule has 1 amide bonds. The van der Waals surface area contributed by atoms with Crippen molar-refractivity contribution in [1.29, 1.82) is 0 Å². The van der Waals surface area contributed by atoms with Crippen molar-refractivity contribution >= 4 is 22.9 Å². The lowest BCUT2D eigenvalue weighted by Gasteiger charge is -2.36. The van der Waals surface area contributed by atoms with Gasteiger partial charge in [-0.05, 0) is 23.6 Å². The molecule has 2 aliphatic rings. The Morgan fingerprint density at radius 2 is 1.91 bits per heavy atom. The maximum atomic E-state index is 12.3. The Kier molecular flexibility index (Phi) is 3.83. The highest BCUT2D eigenvalue weighted by molar-refractivity contribution is 7.10. The second-order valence-corrected chi connectivity index (χ2v) is 6.69. The Balaban J connectivity index is 1.36. The van der Waals surface area contributed by atoms with Gasteiger partial charge in [-0.25, -0.2) is 0 Å². The van der Waals surface area contributed by atoms with Crippen LogP contribution in [0.1, 0.15) is 4.88 Å². The van der Waals surface area contributed by atoms with Crippen molar-refractivity contribution in [1.82, 2.24) is 4.90 Å². The van der Waals surface area contributed by atoms with Crippen molar-refractivity contribution in [3.63, 3.8) is 0 Å². The molecule has 0 radical (unpaired) electrons. The van der Waals surface area contributed by atoms with Gasteiger partial charge in [0.2, 0.25) is 12.7 Å². The number of amides is 1. The van der Waals surface area contributed by atoms with Crippen LogP contribution in [0.3, 0.4) is 0 Å². The van der Waals surface area contributed by atoms with Gasteiger partial charge in [0, 0.05) is 42.8 Å². The molecule has 1 aromatic heterocycles. The molecular formula is C17H18N2O3S. The molecule has 0 unspecified atom stereocenters. The van der Waals surface area contributed by atoms with E-state index in [1.807, 2.05) is 34.5 Å². The van der Waals surface area contributed by atoms with Crippen molar-refractivity contribution in [3.05, 3.63) is 40.6 Å². The summed E-state index contributed by atoms with van der Waals surface area (Å²) in [5, 5.41) is 2.01. The maximum absolute atomic E-state index is 12.3. The zero-order valence-electron chi connectivity index (χ0n) is 12.7. The summed E-state index contributed by atoms with van der Waals surface area (Å²) in [5.41, 5.74) is 1.12. The van der Waals surface area contributed by atoms with Crippen LogP contribution in [0.25, 0.3) is 0 Å². The maximum Gasteiger partial charge on any atom is 0.231 e. The number of benzene rings is 1. The summed E-state index contributed by atoms with van der Waals surface area (Å²) >= 11 is 1.64. The molecular weight excluding hydrogens is 312 g/mol. The smallest absolute Gasteiger partial charge is 0.231 e. The standard InChI is InChI=1S/C17H18N2O3S/c20-17(11-14-2-1-9-23-14)19-7-5-18(6-8-19)13-3-4-15-16(10-13)22-12-21-15/h1-4,9-10H,5-8,11-12H2. The van der Waals surface area contributed by atoms with E-state index in [9.17, 15) is 4.79 Å². The Labute approximate surface area is 139 Å². The minimum Gasteiger partial charge on any atom is -0.454 e. The summed E-state index contributed by atoms with van der Waals surface area (Å²) in [5.74, 6) is 1.83. The minimum absolute atomic E-state index is 0.220. The van der Waals surface area contributed by atoms with E-state index >= 15 is 0 Å². The van der Waals surface area contributed by atoms with Gasteiger partial charge < -0.3 is 19.3 Å². The fourth-order valence-electron chi connectivity index (χ4n) is 2.97. The summed E-state index contributed by atoms with van der Waals surface area (Å²) in [6.07, 6.45) is 0.516. The number of hydrogen-bond donors (Lipinski definition) is 0. The van der Waals surface area contributed by atoms with Crippen LogP contribution in [0.15, 0.2) is 35.7 Å². The molecule has 2 aliphatic heterocycles. The quantitative estimate of drug-likeness (QED) is 0.866. The first-order valence-corrected chi connectivity index (χ1v) is 8.62. The molecule has 1 fully saturated rings. The van der Waals surface area contributed by atoms with Crippen LogP contribution in [0.5, 0.6) is 11.5 Å². The molecule has 1 saturated heterocycles. The highest BCUT2D eigenvalue weighted by atomic mass is 32.1. The molecule has 3 heterocycles. The fraction of sp³-hybridized carbons (Fsp3) is 0.353. The normalized spacial score (nSPS) is 16.7. The third-order valence-corrected chi connectivity index (χ3v) is 5.14. The summed E-state index contributed by atoms with van der Waals surface area (Å²) in [7, 11) is 0. The van der Waals surface area contributed by atoms with Gasteiger partial charge in [0.05, 0.1) is 6.42 Å². The average Bonchev–Trinajstić information content (AvgIpc) is 3.25. The number of thiophene rings is 1. The minimum atomic E-state index is 0.220. The molecule has 120 valence electrons. The van der Waals surface area contributed by atoms with Gasteiger partial charge in [-0.1, -0.05) is 6.07 Å². The molecule has 0 saturated carbocycles. The van der Waals surface area contributed by atoms with E-state index in [2.05, 4.69) is 11.0 Å². The lowest BCUT2D eigenvalue weighted by Crippen LogP contribution is -2.49. The van der Waals surface area contributed by atoms with Gasteiger partial charge in [-0.15, -0.1) is 11.3 Å². The van der Waals surface area contributed by atoms with Gasteiger partial charge in [-0.2, -0.15) is 0 Å². The number of nitrogens with zero attached hydrogens (tertiary/aromatic N) is 2. The Bertz CT molecular complexity index is 694. The highest BCUT2D eigenvalue weighted by Crippen LogP contribution is 2.35. The van der Waals surface area contributed by atoms with Crippen molar-refractivity contribution in [2.45, 2.75) is 6.42 Å². The molecule has 0 spiro atoms. The van der Waals surface area contributed by atoms with Crippen LogP contribution in [0.4, 0.5) is 5.69 Å². The number of carbonyl (C=O) groups is 1. The fourth-order valence-corrected chi connectivity index (χ4v) is 3.67. The first-order valence-electron chi connectivity index (χ1n) is 7.74. The van der Waals surface area contributed by atoms with E-state index in [0.717, 1.165) is 48.2 Å². The molecule has 0 atom stereocenters. The van der Waals surface area contributed by atoms with Crippen LogP contribution >= 0.6 is 11.3 Å². The molecule has 1 aromatic carbocycles. The molecule has 0 N–H and O–H groups in total. The number of ether oxygens (including phenoxy) is 2. The summed E-state index contributed by atoms with van der Waals surface area (Å²) in [6.45, 7) is 3.51. The second-order valence-electron chi connectivity index (χ2n) is 5.66. The van der Waals surface area contributed by atoms with Crippen molar-refractivity contribution < 1.29 is 14.3 Å². The van der Waals surface area contributed by atoms with Crippen molar-refractivity contribution in [2.75, 3.05) is 37.9 Å². The number of piperazine rings is 1. The zero-order chi connectivity index (χ0) is 15.6. The Morgan fingerprint density at radius 1 is 1.09 bits per heavy atom. The van der Waals surface area contributed by atoms with Gasteiger partial charge >= 0.3 is 0 Å². The summed E-state index contributed by atoms with van der Waals surface area (Å²) in [4.78, 5) is 17.7. The van der Waals surface area contributed by atoms with Gasteiger partial charge in [0.15, 0.2) is 11.5 Å². The van der Waals surface area contributed by atoms with E-state index < -0.39 is 0 Å². The first kappa shape index (κ1) is 14.4. The number of rotatable bonds is 3. The van der Waals surface area contributed by atoms with E-state index in [4.69, 9.17) is 9.47 Å². The number of carbonyl (C=O) groups excluding carboxylic acids is 1. The number of hydrogen-bond acceptors (Lipinski definition) is 5. The van der Waals surface area contributed by atoms with E-state index in [1.54, 1.807) is 11.3 Å². The van der Waals surface area contributed by atoms with Gasteiger partial charge in [0.25, 0.3) is 0 Å². The summed E-state index contributed by atoms with van der Waals surface area (Å²) in [6, 6.07) is 10.0. The summed E-state index contributed by atoms with van der Waals surface area (Å²) < 4.78 is 10.8. The lowest BCUT2D eigenvalue weighted by atomic mass is 10.2. The predicted octanol–water partition coefficient (Wildman–Crippen LogP) is 2.37. The molecule has 6 heteroatoms. The molecule has 23 heavy (non-hydrogen) atoms. The van der Waals surface area contributed by atoms with E-state index in [0.29, 0.717) is 13.2 Å². The second kappa shape index (κ2) is 6.12. The van der Waals surface area contributed by atoms with Crippen LogP contribution in [-0.2, 0) is 11.2 Å².